The van der Waals surface area contributed by atoms with Crippen molar-refractivity contribution >= 4 is 17.3 Å². The fourth-order valence-electron chi connectivity index (χ4n) is 1.04. The van der Waals surface area contributed by atoms with Crippen LogP contribution in [0.15, 0.2) is 36.0 Å². The van der Waals surface area contributed by atoms with Crippen LogP contribution in [0.2, 0.25) is 0 Å². The molecule has 0 saturated carbocycles. The number of benzene rings is 1. The first-order chi connectivity index (χ1) is 6.59. The van der Waals surface area contributed by atoms with Crippen LogP contribution in [-0.2, 0) is 4.79 Å². The molecule has 0 spiro atoms. The molecule has 0 aliphatic rings. The maximum absolute atomic E-state index is 10.3. The number of nitrogen functional groups attached to an aromatic ring is 1. The molecule has 0 aliphatic heterocycles. The van der Waals surface area contributed by atoms with E-state index in [1.165, 1.54) is 0 Å². The molecule has 0 fully saturated rings. The lowest BCUT2D eigenvalue weighted by molar-refractivity contribution is -0.131. The summed E-state index contributed by atoms with van der Waals surface area (Å²) in [6, 6.07) is 7.18. The van der Waals surface area contributed by atoms with Gasteiger partial charge >= 0.3 is 5.97 Å². The number of aliphatic carboxylic acids is 1. The van der Waals surface area contributed by atoms with Crippen molar-refractivity contribution in [3.05, 3.63) is 36.0 Å². The maximum atomic E-state index is 10.3. The molecule has 0 amide bonds. The molecule has 0 saturated heterocycles. The third-order valence-electron chi connectivity index (χ3n) is 1.63. The number of para-hydroxylation sites is 2. The second kappa shape index (κ2) is 4.32. The van der Waals surface area contributed by atoms with Crippen LogP contribution >= 0.6 is 0 Å². The first kappa shape index (κ1) is 10.1. The van der Waals surface area contributed by atoms with Gasteiger partial charge in [-0.15, -0.1) is 0 Å². The molecular weight excluding hydrogens is 180 g/mol. The molecule has 14 heavy (non-hydrogen) atoms. The Hall–Kier alpha value is -1.97. The summed E-state index contributed by atoms with van der Waals surface area (Å²) in [7, 11) is 0. The third-order valence-corrected chi connectivity index (χ3v) is 1.63. The van der Waals surface area contributed by atoms with Crippen molar-refractivity contribution in [2.24, 2.45) is 0 Å². The molecule has 1 aromatic rings. The van der Waals surface area contributed by atoms with Gasteiger partial charge in [-0.2, -0.15) is 0 Å². The van der Waals surface area contributed by atoms with Crippen molar-refractivity contribution in [1.82, 2.24) is 0 Å². The van der Waals surface area contributed by atoms with Crippen LogP contribution in [0.3, 0.4) is 0 Å². The standard InChI is InChI=1S/C10H12N2O2/c1-7(6-10(13)14)12-9-5-3-2-4-8(9)11/h2-6,12H,11H2,1H3,(H,13,14). The van der Waals surface area contributed by atoms with Gasteiger partial charge in [0.2, 0.25) is 0 Å². The highest BCUT2D eigenvalue weighted by Crippen LogP contribution is 2.18. The monoisotopic (exact) mass is 192 g/mol. The van der Waals surface area contributed by atoms with Gasteiger partial charge in [0.05, 0.1) is 11.4 Å². The molecule has 0 heterocycles. The highest BCUT2D eigenvalue weighted by molar-refractivity contribution is 5.82. The van der Waals surface area contributed by atoms with Crippen LogP contribution in [-0.4, -0.2) is 11.1 Å². The SMILES string of the molecule is CC(=CC(=O)O)Nc1ccccc1N. The predicted octanol–water partition coefficient (Wildman–Crippen LogP) is 1.67. The number of carbonyl (C=O) groups is 1. The van der Waals surface area contributed by atoms with E-state index < -0.39 is 5.97 Å². The van der Waals surface area contributed by atoms with Gasteiger partial charge in [-0.25, -0.2) is 4.79 Å². The maximum Gasteiger partial charge on any atom is 0.330 e. The van der Waals surface area contributed by atoms with E-state index in [-0.39, 0.29) is 0 Å². The van der Waals surface area contributed by atoms with Crippen molar-refractivity contribution in [3.8, 4) is 0 Å². The summed E-state index contributed by atoms with van der Waals surface area (Å²) >= 11 is 0. The van der Waals surface area contributed by atoms with Crippen molar-refractivity contribution < 1.29 is 9.90 Å². The Kier molecular flexibility index (Phi) is 3.12. The number of nitrogens with two attached hydrogens (primary N) is 1. The van der Waals surface area contributed by atoms with E-state index in [0.29, 0.717) is 17.1 Å². The first-order valence-corrected chi connectivity index (χ1v) is 4.12. The Morgan fingerprint density at radius 2 is 2.14 bits per heavy atom. The van der Waals surface area contributed by atoms with Gasteiger partial charge in [-0.1, -0.05) is 12.1 Å². The third kappa shape index (κ3) is 2.82. The van der Waals surface area contributed by atoms with E-state index in [1.54, 1.807) is 19.1 Å². The average Bonchev–Trinajstić information content (AvgIpc) is 2.07. The lowest BCUT2D eigenvalue weighted by atomic mass is 10.2. The highest BCUT2D eigenvalue weighted by atomic mass is 16.4. The Morgan fingerprint density at radius 3 is 2.71 bits per heavy atom. The van der Waals surface area contributed by atoms with Crippen LogP contribution < -0.4 is 11.1 Å². The van der Waals surface area contributed by atoms with Crippen LogP contribution in [0.4, 0.5) is 11.4 Å². The van der Waals surface area contributed by atoms with Gasteiger partial charge in [0.1, 0.15) is 0 Å². The topological polar surface area (TPSA) is 75.3 Å². The van der Waals surface area contributed by atoms with Crippen molar-refractivity contribution in [2.45, 2.75) is 6.92 Å². The normalized spacial score (nSPS) is 11.1. The number of nitrogens with one attached hydrogen (secondary N) is 1. The van der Waals surface area contributed by atoms with Crippen LogP contribution in [0.5, 0.6) is 0 Å². The summed E-state index contributed by atoms with van der Waals surface area (Å²) < 4.78 is 0. The molecule has 4 N–H and O–H groups in total. The summed E-state index contributed by atoms with van der Waals surface area (Å²) in [5.41, 5.74) is 7.50. The van der Waals surface area contributed by atoms with E-state index in [9.17, 15) is 4.79 Å². The molecule has 0 atom stereocenters. The first-order valence-electron chi connectivity index (χ1n) is 4.12. The average molecular weight is 192 g/mol. The molecular formula is C10H12N2O2. The second-order valence-corrected chi connectivity index (χ2v) is 2.88. The second-order valence-electron chi connectivity index (χ2n) is 2.88. The smallest absolute Gasteiger partial charge is 0.330 e. The molecule has 1 aromatic carbocycles. The molecule has 0 unspecified atom stereocenters. The zero-order chi connectivity index (χ0) is 10.6. The molecule has 74 valence electrons. The van der Waals surface area contributed by atoms with Gasteiger partial charge in [0.25, 0.3) is 0 Å². The molecule has 0 radical (unpaired) electrons. The summed E-state index contributed by atoms with van der Waals surface area (Å²) in [4.78, 5) is 10.3. The van der Waals surface area contributed by atoms with E-state index >= 15 is 0 Å². The van der Waals surface area contributed by atoms with Crippen LogP contribution in [0, 0.1) is 0 Å². The molecule has 0 aliphatic carbocycles. The number of allylic oxidation sites excluding steroid dienone is 1. The summed E-state index contributed by atoms with van der Waals surface area (Å²) in [6.45, 7) is 1.67. The minimum atomic E-state index is -0.982. The minimum Gasteiger partial charge on any atom is -0.478 e. The molecule has 0 aromatic heterocycles. The summed E-state index contributed by atoms with van der Waals surface area (Å²) in [5.74, 6) is -0.982. The van der Waals surface area contributed by atoms with Crippen molar-refractivity contribution in [1.29, 1.82) is 0 Å². The van der Waals surface area contributed by atoms with E-state index in [1.807, 2.05) is 12.1 Å². The Balaban J connectivity index is 2.79. The number of hydrogen-bond donors (Lipinski definition) is 3. The fraction of sp³-hybridized carbons (Fsp3) is 0.100. The predicted molar refractivity (Wildman–Crippen MR) is 55.9 cm³/mol. The van der Waals surface area contributed by atoms with Gasteiger partial charge in [0.15, 0.2) is 0 Å². The van der Waals surface area contributed by atoms with E-state index in [0.717, 1.165) is 6.08 Å². The van der Waals surface area contributed by atoms with Crippen molar-refractivity contribution in [3.63, 3.8) is 0 Å². The van der Waals surface area contributed by atoms with E-state index in [2.05, 4.69) is 5.32 Å². The molecule has 1 rings (SSSR count). The zero-order valence-electron chi connectivity index (χ0n) is 7.82. The summed E-state index contributed by atoms with van der Waals surface area (Å²) in [5, 5.41) is 11.4. The fourth-order valence-corrected chi connectivity index (χ4v) is 1.04. The lowest BCUT2D eigenvalue weighted by Crippen LogP contribution is -2.01. The quantitative estimate of drug-likeness (QED) is 0.503. The lowest BCUT2D eigenvalue weighted by Gasteiger charge is -2.08. The van der Waals surface area contributed by atoms with Crippen LogP contribution in [0.25, 0.3) is 0 Å². The number of carboxylic acids is 1. The largest absolute Gasteiger partial charge is 0.478 e. The Morgan fingerprint density at radius 1 is 1.50 bits per heavy atom. The Labute approximate surface area is 82.0 Å². The zero-order valence-corrected chi connectivity index (χ0v) is 7.82. The van der Waals surface area contributed by atoms with Gasteiger partial charge in [-0.05, 0) is 19.1 Å². The summed E-state index contributed by atoms with van der Waals surface area (Å²) in [6.07, 6.45) is 1.09. The molecule has 4 heteroatoms. The van der Waals surface area contributed by atoms with Crippen molar-refractivity contribution in [2.75, 3.05) is 11.1 Å². The highest BCUT2D eigenvalue weighted by Gasteiger charge is 1.98. The Bertz CT molecular complexity index is 372. The van der Waals surface area contributed by atoms with Crippen LogP contribution in [0.1, 0.15) is 6.92 Å². The minimum absolute atomic E-state index is 0.537. The molecule has 4 nitrogen and oxygen atoms in total. The van der Waals surface area contributed by atoms with E-state index in [4.69, 9.17) is 10.8 Å². The van der Waals surface area contributed by atoms with Gasteiger partial charge in [-0.3, -0.25) is 0 Å². The van der Waals surface area contributed by atoms with Gasteiger partial charge < -0.3 is 16.2 Å². The van der Waals surface area contributed by atoms with Gasteiger partial charge in [0, 0.05) is 11.8 Å². The number of carboxylic acid groups (broad SMARTS) is 1. The number of rotatable bonds is 3. The number of anilines is 2. The molecule has 0 bridgehead atoms. The number of hydrogen-bond acceptors (Lipinski definition) is 3.